The van der Waals surface area contributed by atoms with Crippen LogP contribution >= 0.6 is 0 Å². The average molecular weight is 419 g/mol. The molecule has 0 radical (unpaired) electrons. The number of nitrogens with zero attached hydrogens (tertiary/aromatic N) is 1. The quantitative estimate of drug-likeness (QED) is 0.793. The van der Waals surface area contributed by atoms with E-state index in [-0.39, 0.29) is 34.9 Å². The molecular weight excluding hydrogens is 383 g/mol. The number of piperidine rings is 1. The van der Waals surface area contributed by atoms with Gasteiger partial charge in [-0.2, -0.15) is 0 Å². The number of hydrogen-bond donors (Lipinski definition) is 1. The van der Waals surface area contributed by atoms with Crippen LogP contribution < -0.4 is 5.32 Å². The molecule has 3 aliphatic heterocycles. The van der Waals surface area contributed by atoms with E-state index in [2.05, 4.69) is 24.1 Å². The van der Waals surface area contributed by atoms with Gasteiger partial charge < -0.3 is 14.8 Å². The minimum Gasteiger partial charge on any atom is -0.376 e. The molecule has 1 aromatic rings. The second-order valence-corrected chi connectivity index (χ2v) is 9.91. The summed E-state index contributed by atoms with van der Waals surface area (Å²) >= 11 is 0. The lowest BCUT2D eigenvalue weighted by Gasteiger charge is -2.39. The lowest BCUT2D eigenvalue weighted by Crippen LogP contribution is -2.46. The molecule has 5 nitrogen and oxygen atoms in total. The largest absolute Gasteiger partial charge is 0.376 e. The van der Waals surface area contributed by atoms with Crippen molar-refractivity contribution in [2.24, 2.45) is 5.92 Å². The normalized spacial score (nSPS) is 28.5. The first-order valence-electron chi connectivity index (χ1n) is 11.4. The number of nitrogens with one attached hydrogen (secondary N) is 1. The molecule has 3 aliphatic rings. The molecule has 2 atom stereocenters. The molecule has 30 heavy (non-hydrogen) atoms. The Morgan fingerprint density at radius 3 is 2.60 bits per heavy atom. The summed E-state index contributed by atoms with van der Waals surface area (Å²) in [6.07, 6.45) is 5.82. The van der Waals surface area contributed by atoms with Crippen molar-refractivity contribution in [2.75, 3.05) is 26.2 Å². The molecule has 1 N–H and O–H groups in total. The highest BCUT2D eigenvalue weighted by Crippen LogP contribution is 2.39. The van der Waals surface area contributed by atoms with Gasteiger partial charge in [-0.3, -0.25) is 9.69 Å². The van der Waals surface area contributed by atoms with Gasteiger partial charge in [0.05, 0.1) is 17.3 Å². The topological polar surface area (TPSA) is 50.8 Å². The molecule has 3 fully saturated rings. The summed E-state index contributed by atoms with van der Waals surface area (Å²) in [5, 5.41) is 3.14. The van der Waals surface area contributed by atoms with Gasteiger partial charge in [0.15, 0.2) is 0 Å². The van der Waals surface area contributed by atoms with Gasteiger partial charge in [-0.15, -0.1) is 0 Å². The van der Waals surface area contributed by atoms with E-state index >= 15 is 0 Å². The molecule has 0 unspecified atom stereocenters. The second kappa shape index (κ2) is 8.93. The summed E-state index contributed by atoms with van der Waals surface area (Å²) in [5.74, 6) is -0.00164. The molecule has 1 aromatic carbocycles. The Morgan fingerprint density at radius 2 is 1.90 bits per heavy atom. The van der Waals surface area contributed by atoms with Gasteiger partial charge in [-0.1, -0.05) is 12.1 Å². The first kappa shape index (κ1) is 21.7. The molecule has 0 saturated carbocycles. The van der Waals surface area contributed by atoms with Crippen LogP contribution in [0.2, 0.25) is 0 Å². The summed E-state index contributed by atoms with van der Waals surface area (Å²) in [6, 6.07) is 6.79. The van der Waals surface area contributed by atoms with Crippen molar-refractivity contribution >= 4 is 5.91 Å². The number of amides is 1. The van der Waals surface area contributed by atoms with E-state index in [4.69, 9.17) is 9.47 Å². The standard InChI is InChI=1S/C24H35FN2O3/c1-23(2)15-19(8-14-29-23)22(28)26-16-21-7-9-24(30-21)10-12-27(13-11-24)17-18-3-5-20(25)6-4-18/h3-6,19,21H,7-17H2,1-2H3,(H,26,28)/t19-,21+/m1/s1. The third-order valence-electron chi connectivity index (χ3n) is 7.00. The Bertz CT molecular complexity index is 728. The SMILES string of the molecule is CC1(C)C[C@H](C(=O)NC[C@@H]2CCC3(CCN(Cc4ccc(F)cc4)CC3)O2)CCO1. The molecule has 1 amide bonds. The molecular formula is C24H35FN2O3. The lowest BCUT2D eigenvalue weighted by atomic mass is 9.87. The Morgan fingerprint density at radius 1 is 1.17 bits per heavy atom. The van der Waals surface area contributed by atoms with Gasteiger partial charge in [0.2, 0.25) is 5.91 Å². The van der Waals surface area contributed by atoms with E-state index in [1.807, 2.05) is 12.1 Å². The third-order valence-corrected chi connectivity index (χ3v) is 7.00. The maximum atomic E-state index is 13.1. The van der Waals surface area contributed by atoms with Crippen LogP contribution in [0.3, 0.4) is 0 Å². The zero-order valence-electron chi connectivity index (χ0n) is 18.3. The molecule has 0 aliphatic carbocycles. The highest BCUT2D eigenvalue weighted by atomic mass is 19.1. The zero-order chi connectivity index (χ0) is 21.2. The third kappa shape index (κ3) is 5.40. The number of likely N-dealkylation sites (tertiary alicyclic amines) is 1. The van der Waals surface area contributed by atoms with E-state index in [1.165, 1.54) is 12.1 Å². The monoisotopic (exact) mass is 418 g/mol. The van der Waals surface area contributed by atoms with Crippen LogP contribution in [0.25, 0.3) is 0 Å². The van der Waals surface area contributed by atoms with Gasteiger partial charge in [0.25, 0.3) is 0 Å². The van der Waals surface area contributed by atoms with E-state index < -0.39 is 0 Å². The number of carbonyl (C=O) groups is 1. The molecule has 4 rings (SSSR count). The van der Waals surface area contributed by atoms with Crippen molar-refractivity contribution in [3.63, 3.8) is 0 Å². The zero-order valence-corrected chi connectivity index (χ0v) is 18.3. The summed E-state index contributed by atoms with van der Waals surface area (Å²) in [7, 11) is 0. The molecule has 3 heterocycles. The fourth-order valence-corrected chi connectivity index (χ4v) is 5.19. The maximum Gasteiger partial charge on any atom is 0.223 e. The van der Waals surface area contributed by atoms with Crippen molar-refractivity contribution in [1.29, 1.82) is 0 Å². The van der Waals surface area contributed by atoms with Crippen molar-refractivity contribution < 1.29 is 18.7 Å². The molecule has 0 aromatic heterocycles. The van der Waals surface area contributed by atoms with Gasteiger partial charge in [-0.25, -0.2) is 4.39 Å². The smallest absolute Gasteiger partial charge is 0.223 e. The van der Waals surface area contributed by atoms with Crippen molar-refractivity contribution in [2.45, 2.75) is 76.2 Å². The maximum absolute atomic E-state index is 13.1. The van der Waals surface area contributed by atoms with Crippen molar-refractivity contribution in [3.8, 4) is 0 Å². The van der Waals surface area contributed by atoms with Gasteiger partial charge in [0, 0.05) is 38.7 Å². The predicted octanol–water partition coefficient (Wildman–Crippen LogP) is 3.66. The van der Waals surface area contributed by atoms with Crippen LogP contribution in [0.15, 0.2) is 24.3 Å². The summed E-state index contributed by atoms with van der Waals surface area (Å²) in [4.78, 5) is 15.0. The van der Waals surface area contributed by atoms with Gasteiger partial charge in [0.1, 0.15) is 5.82 Å². The summed E-state index contributed by atoms with van der Waals surface area (Å²) in [5.41, 5.74) is 0.905. The summed E-state index contributed by atoms with van der Waals surface area (Å²) < 4.78 is 25.3. The van der Waals surface area contributed by atoms with Gasteiger partial charge in [-0.05, 0) is 70.1 Å². The van der Waals surface area contributed by atoms with Crippen LogP contribution in [-0.4, -0.2) is 54.4 Å². The Labute approximate surface area is 179 Å². The molecule has 6 heteroatoms. The lowest BCUT2D eigenvalue weighted by molar-refractivity contribution is -0.136. The number of halogens is 1. The minimum absolute atomic E-state index is 0.0324. The highest BCUT2D eigenvalue weighted by molar-refractivity contribution is 5.78. The number of benzene rings is 1. The van der Waals surface area contributed by atoms with Crippen LogP contribution in [0.1, 0.15) is 57.9 Å². The van der Waals surface area contributed by atoms with Crippen LogP contribution in [0.4, 0.5) is 4.39 Å². The molecule has 3 saturated heterocycles. The predicted molar refractivity (Wildman–Crippen MR) is 114 cm³/mol. The van der Waals surface area contributed by atoms with Crippen LogP contribution in [-0.2, 0) is 20.8 Å². The number of rotatable bonds is 5. The van der Waals surface area contributed by atoms with E-state index in [9.17, 15) is 9.18 Å². The van der Waals surface area contributed by atoms with Gasteiger partial charge >= 0.3 is 0 Å². The fraction of sp³-hybridized carbons (Fsp3) is 0.708. The van der Waals surface area contributed by atoms with Crippen molar-refractivity contribution in [3.05, 3.63) is 35.6 Å². The van der Waals surface area contributed by atoms with E-state index in [1.54, 1.807) is 0 Å². The summed E-state index contributed by atoms with van der Waals surface area (Å²) in [6.45, 7) is 8.22. The Balaban J connectivity index is 1.20. The average Bonchev–Trinajstić information content (AvgIpc) is 3.12. The van der Waals surface area contributed by atoms with Crippen LogP contribution in [0, 0.1) is 11.7 Å². The number of ether oxygens (including phenoxy) is 2. The Kier molecular flexibility index (Phi) is 6.47. The first-order valence-corrected chi connectivity index (χ1v) is 11.4. The van der Waals surface area contributed by atoms with Crippen molar-refractivity contribution in [1.82, 2.24) is 10.2 Å². The highest BCUT2D eigenvalue weighted by Gasteiger charge is 2.42. The molecule has 0 bridgehead atoms. The second-order valence-electron chi connectivity index (χ2n) is 9.91. The fourth-order valence-electron chi connectivity index (χ4n) is 5.19. The van der Waals surface area contributed by atoms with Crippen LogP contribution in [0.5, 0.6) is 0 Å². The molecule has 166 valence electrons. The Hall–Kier alpha value is -1.50. The van der Waals surface area contributed by atoms with E-state index in [0.29, 0.717) is 13.2 Å². The molecule has 1 spiro atoms. The number of hydrogen-bond acceptors (Lipinski definition) is 4. The van der Waals surface area contributed by atoms with E-state index in [0.717, 1.165) is 63.7 Å². The first-order chi connectivity index (χ1) is 14.3. The minimum atomic E-state index is -0.212. The number of carbonyl (C=O) groups excluding carboxylic acids is 1.